The molecule has 0 aliphatic carbocycles. The second kappa shape index (κ2) is 8.63. The minimum atomic E-state index is -0.858. The van der Waals surface area contributed by atoms with Crippen LogP contribution in [0.5, 0.6) is 11.5 Å². The van der Waals surface area contributed by atoms with Gasteiger partial charge in [-0.3, -0.25) is 14.5 Å². The third kappa shape index (κ3) is 3.79. The van der Waals surface area contributed by atoms with Crippen LogP contribution in [0.15, 0.2) is 66.2 Å². The van der Waals surface area contributed by atoms with E-state index in [9.17, 15) is 14.7 Å². The van der Waals surface area contributed by atoms with Crippen molar-refractivity contribution in [2.45, 2.75) is 13.0 Å². The summed E-state index contributed by atoms with van der Waals surface area (Å²) in [7, 11) is 3.87. The van der Waals surface area contributed by atoms with Gasteiger partial charge in [-0.25, -0.2) is 4.98 Å². The van der Waals surface area contributed by atoms with Crippen LogP contribution in [-0.4, -0.2) is 42.7 Å². The number of carbonyl (C=O) groups excluding carboxylic acids is 2. The minimum Gasteiger partial charge on any atom is -0.507 e. The molecule has 0 radical (unpaired) electrons. The second-order valence-corrected chi connectivity index (χ2v) is 10.2. The molecule has 1 aromatic heterocycles. The van der Waals surface area contributed by atoms with Gasteiger partial charge in [0.05, 0.1) is 21.8 Å². The van der Waals surface area contributed by atoms with Crippen molar-refractivity contribution < 1.29 is 24.2 Å². The lowest BCUT2D eigenvalue weighted by Gasteiger charge is -2.23. The fraction of sp³-hybridized carbons (Fsp3) is 0.179. The molecule has 0 spiro atoms. The molecule has 1 amide bonds. The minimum absolute atomic E-state index is 0.00287. The summed E-state index contributed by atoms with van der Waals surface area (Å²) in [5.74, 6) is -0.769. The van der Waals surface area contributed by atoms with Gasteiger partial charge in [-0.1, -0.05) is 29.5 Å². The average molecular weight is 514 g/mol. The van der Waals surface area contributed by atoms with Crippen molar-refractivity contribution in [1.82, 2.24) is 4.98 Å². The van der Waals surface area contributed by atoms with E-state index in [-0.39, 0.29) is 18.1 Å². The highest BCUT2D eigenvalue weighted by Gasteiger charge is 2.48. The number of carbonyl (C=O) groups is 2. The number of Topliss-reactive ketones (excluding diaryl/α,β-unsaturated/α-hetero) is 1. The molecule has 186 valence electrons. The van der Waals surface area contributed by atoms with Crippen molar-refractivity contribution in [3.8, 4) is 11.5 Å². The summed E-state index contributed by atoms with van der Waals surface area (Å²) in [5.41, 5.74) is 3.82. The summed E-state index contributed by atoms with van der Waals surface area (Å²) >= 11 is 1.34. The Morgan fingerprint density at radius 2 is 1.78 bits per heavy atom. The van der Waals surface area contributed by atoms with Crippen LogP contribution in [0.4, 0.5) is 10.8 Å². The number of amides is 1. The smallest absolute Gasteiger partial charge is 0.301 e. The van der Waals surface area contributed by atoms with E-state index < -0.39 is 17.7 Å². The molecule has 1 N–H and O–H groups in total. The number of anilines is 2. The fourth-order valence-corrected chi connectivity index (χ4v) is 5.71. The molecule has 0 saturated carbocycles. The van der Waals surface area contributed by atoms with Crippen LogP contribution in [0.2, 0.25) is 0 Å². The van der Waals surface area contributed by atoms with Crippen LogP contribution >= 0.6 is 11.3 Å². The number of nitrogens with zero attached hydrogens (tertiary/aromatic N) is 3. The summed E-state index contributed by atoms with van der Waals surface area (Å²) in [6.07, 6.45) is 0. The summed E-state index contributed by atoms with van der Waals surface area (Å²) in [6.45, 7) is 2.07. The van der Waals surface area contributed by atoms with Crippen LogP contribution in [0.25, 0.3) is 16.0 Å². The predicted molar refractivity (Wildman–Crippen MR) is 142 cm³/mol. The number of aliphatic hydroxyl groups is 1. The van der Waals surface area contributed by atoms with E-state index in [4.69, 9.17) is 9.47 Å². The van der Waals surface area contributed by atoms with Crippen LogP contribution in [0.3, 0.4) is 0 Å². The molecule has 3 heterocycles. The van der Waals surface area contributed by atoms with Crippen molar-refractivity contribution in [2.24, 2.45) is 0 Å². The van der Waals surface area contributed by atoms with Gasteiger partial charge in [-0.2, -0.15) is 0 Å². The van der Waals surface area contributed by atoms with Crippen molar-refractivity contribution in [3.63, 3.8) is 0 Å². The van der Waals surface area contributed by atoms with Gasteiger partial charge in [0, 0.05) is 25.3 Å². The van der Waals surface area contributed by atoms with E-state index in [0.29, 0.717) is 27.8 Å². The Balaban J connectivity index is 1.54. The highest BCUT2D eigenvalue weighted by molar-refractivity contribution is 7.22. The number of benzene rings is 3. The van der Waals surface area contributed by atoms with E-state index in [1.807, 2.05) is 68.4 Å². The van der Waals surface area contributed by atoms with Gasteiger partial charge >= 0.3 is 5.91 Å². The van der Waals surface area contributed by atoms with Crippen molar-refractivity contribution >= 4 is 49.8 Å². The molecule has 4 aromatic rings. The fourth-order valence-electron chi connectivity index (χ4n) is 4.62. The Bertz CT molecular complexity index is 1610. The Kier molecular flexibility index (Phi) is 5.38. The molecule has 9 heteroatoms. The van der Waals surface area contributed by atoms with Crippen molar-refractivity contribution in [1.29, 1.82) is 0 Å². The predicted octanol–water partition coefficient (Wildman–Crippen LogP) is 5.03. The first-order valence-electron chi connectivity index (χ1n) is 11.7. The lowest BCUT2D eigenvalue weighted by Crippen LogP contribution is -2.29. The average Bonchev–Trinajstić information content (AvgIpc) is 3.59. The van der Waals surface area contributed by atoms with Gasteiger partial charge < -0.3 is 19.5 Å². The maximum absolute atomic E-state index is 13.5. The molecule has 3 aromatic carbocycles. The number of rotatable bonds is 4. The number of thiazole rings is 1. The van der Waals surface area contributed by atoms with E-state index in [1.54, 1.807) is 18.2 Å². The molecule has 8 nitrogen and oxygen atoms in total. The highest BCUT2D eigenvalue weighted by Crippen LogP contribution is 2.45. The van der Waals surface area contributed by atoms with Crippen LogP contribution in [0.1, 0.15) is 22.7 Å². The molecule has 2 aliphatic heterocycles. The van der Waals surface area contributed by atoms with E-state index in [0.717, 1.165) is 21.5 Å². The van der Waals surface area contributed by atoms with Gasteiger partial charge in [0.1, 0.15) is 5.76 Å². The summed E-state index contributed by atoms with van der Waals surface area (Å²) in [5, 5.41) is 11.8. The largest absolute Gasteiger partial charge is 0.507 e. The number of aliphatic hydroxyl groups excluding tert-OH is 1. The zero-order chi connectivity index (χ0) is 25.8. The summed E-state index contributed by atoms with van der Waals surface area (Å²) in [6, 6.07) is 17.5. The Morgan fingerprint density at radius 1 is 1.03 bits per heavy atom. The summed E-state index contributed by atoms with van der Waals surface area (Å²) < 4.78 is 11.7. The van der Waals surface area contributed by atoms with Gasteiger partial charge in [-0.05, 0) is 60.5 Å². The number of aromatic nitrogens is 1. The van der Waals surface area contributed by atoms with Crippen LogP contribution in [0, 0.1) is 6.92 Å². The summed E-state index contributed by atoms with van der Waals surface area (Å²) in [4.78, 5) is 35.0. The van der Waals surface area contributed by atoms with E-state index in [1.165, 1.54) is 16.2 Å². The molecule has 1 unspecified atom stereocenters. The number of ketones is 1. The molecular formula is C28H23N3O5S. The van der Waals surface area contributed by atoms with Gasteiger partial charge in [0.15, 0.2) is 16.6 Å². The molecule has 1 saturated heterocycles. The third-order valence-corrected chi connectivity index (χ3v) is 7.57. The SMILES string of the molecule is Cc1ccc2nc(N3C(=O)C(=O)/C(=C(/O)c4ccc5c(c4)OCO5)C3c3ccc(N(C)C)cc3)sc2c1. The normalized spacial score (nSPS) is 18.1. The van der Waals surface area contributed by atoms with Crippen molar-refractivity contribution in [3.05, 3.63) is 82.9 Å². The number of fused-ring (bicyclic) bond motifs is 2. The number of hydrogen-bond donors (Lipinski definition) is 1. The van der Waals surface area contributed by atoms with Crippen molar-refractivity contribution in [2.75, 3.05) is 30.7 Å². The van der Waals surface area contributed by atoms with E-state index in [2.05, 4.69) is 4.98 Å². The monoisotopic (exact) mass is 513 g/mol. The maximum Gasteiger partial charge on any atom is 0.301 e. The standard InChI is InChI=1S/C28H23N3O5S/c1-15-4-10-19-22(12-15)37-28(29-19)31-24(16-5-8-18(9-6-16)30(2)3)23(26(33)27(31)34)25(32)17-7-11-20-21(13-17)36-14-35-20/h4-13,24,32H,14H2,1-3H3/b25-23+. The number of aryl methyl sites for hydroxylation is 1. The first-order valence-corrected chi connectivity index (χ1v) is 12.5. The molecular weight excluding hydrogens is 490 g/mol. The van der Waals surface area contributed by atoms with E-state index >= 15 is 0 Å². The maximum atomic E-state index is 13.5. The Hall–Kier alpha value is -4.37. The first-order chi connectivity index (χ1) is 17.8. The first kappa shape index (κ1) is 23.1. The lowest BCUT2D eigenvalue weighted by atomic mass is 9.95. The Morgan fingerprint density at radius 3 is 2.54 bits per heavy atom. The second-order valence-electron chi connectivity index (χ2n) is 9.19. The third-order valence-electron chi connectivity index (χ3n) is 6.55. The van der Waals surface area contributed by atoms with Gasteiger partial charge in [-0.15, -0.1) is 0 Å². The number of ether oxygens (including phenoxy) is 2. The quantitative estimate of drug-likeness (QED) is 0.233. The van der Waals surface area contributed by atoms with Gasteiger partial charge in [0.25, 0.3) is 5.78 Å². The molecule has 37 heavy (non-hydrogen) atoms. The Labute approximate surface area is 217 Å². The van der Waals surface area contributed by atoms with Crippen LogP contribution in [-0.2, 0) is 9.59 Å². The topological polar surface area (TPSA) is 92.2 Å². The zero-order valence-corrected chi connectivity index (χ0v) is 21.2. The van der Waals surface area contributed by atoms with Gasteiger partial charge in [0.2, 0.25) is 6.79 Å². The van der Waals surface area contributed by atoms with Crippen LogP contribution < -0.4 is 19.3 Å². The molecule has 2 aliphatic rings. The highest BCUT2D eigenvalue weighted by atomic mass is 32.1. The molecule has 6 rings (SSSR count). The lowest BCUT2D eigenvalue weighted by molar-refractivity contribution is -0.132. The molecule has 1 fully saturated rings. The molecule has 0 bridgehead atoms. The number of hydrogen-bond acceptors (Lipinski definition) is 8. The molecule has 1 atom stereocenters. The zero-order valence-electron chi connectivity index (χ0n) is 20.4.